The minimum absolute atomic E-state index is 0.488. The Labute approximate surface area is 93.3 Å². The van der Waals surface area contributed by atoms with Crippen LogP contribution in [0.25, 0.3) is 10.9 Å². The molecule has 0 aliphatic heterocycles. The van der Waals surface area contributed by atoms with Gasteiger partial charge in [-0.05, 0) is 30.7 Å². The van der Waals surface area contributed by atoms with E-state index in [0.29, 0.717) is 5.69 Å². The van der Waals surface area contributed by atoms with Gasteiger partial charge in [0.1, 0.15) is 0 Å². The summed E-state index contributed by atoms with van der Waals surface area (Å²) in [6, 6.07) is 7.71. The Balaban J connectivity index is 2.54. The number of hydrogen-bond donors (Lipinski definition) is 1. The van der Waals surface area contributed by atoms with Gasteiger partial charge in [0.25, 0.3) is 0 Å². The SMILES string of the molecule is COC(=O)Nc1cc(C)cc2cccnc12. The molecule has 0 aliphatic carbocycles. The molecular formula is C12H12N2O2. The van der Waals surface area contributed by atoms with E-state index in [4.69, 9.17) is 0 Å². The van der Waals surface area contributed by atoms with E-state index < -0.39 is 6.09 Å². The number of carbonyl (C=O) groups excluding carboxylic acids is 1. The van der Waals surface area contributed by atoms with E-state index in [1.54, 1.807) is 6.20 Å². The molecule has 0 fully saturated rings. The summed E-state index contributed by atoms with van der Waals surface area (Å²) < 4.78 is 4.57. The van der Waals surface area contributed by atoms with Gasteiger partial charge in [-0.25, -0.2) is 4.79 Å². The van der Waals surface area contributed by atoms with E-state index in [0.717, 1.165) is 16.5 Å². The van der Waals surface area contributed by atoms with Crippen molar-refractivity contribution in [1.29, 1.82) is 0 Å². The molecule has 1 heterocycles. The van der Waals surface area contributed by atoms with Crippen molar-refractivity contribution in [3.8, 4) is 0 Å². The predicted octanol–water partition coefficient (Wildman–Crippen LogP) is 2.72. The molecule has 0 radical (unpaired) electrons. The predicted molar refractivity (Wildman–Crippen MR) is 62.5 cm³/mol. The van der Waals surface area contributed by atoms with Crippen molar-refractivity contribution in [2.45, 2.75) is 6.92 Å². The number of rotatable bonds is 1. The molecule has 0 saturated carbocycles. The molecule has 0 bridgehead atoms. The Morgan fingerprint density at radius 1 is 1.44 bits per heavy atom. The fourth-order valence-corrected chi connectivity index (χ4v) is 1.60. The van der Waals surface area contributed by atoms with Crippen molar-refractivity contribution in [2.75, 3.05) is 12.4 Å². The van der Waals surface area contributed by atoms with Crippen LogP contribution < -0.4 is 5.32 Å². The summed E-state index contributed by atoms with van der Waals surface area (Å²) in [4.78, 5) is 15.4. The van der Waals surface area contributed by atoms with Crippen molar-refractivity contribution >= 4 is 22.7 Å². The van der Waals surface area contributed by atoms with E-state index >= 15 is 0 Å². The fourth-order valence-electron chi connectivity index (χ4n) is 1.60. The molecule has 0 saturated heterocycles. The quantitative estimate of drug-likeness (QED) is 0.797. The molecule has 0 spiro atoms. The molecule has 0 atom stereocenters. The lowest BCUT2D eigenvalue weighted by Crippen LogP contribution is -2.11. The molecule has 0 unspecified atom stereocenters. The number of benzene rings is 1. The van der Waals surface area contributed by atoms with Crippen LogP contribution in [-0.4, -0.2) is 18.2 Å². The minimum Gasteiger partial charge on any atom is -0.453 e. The van der Waals surface area contributed by atoms with Crippen molar-refractivity contribution in [3.63, 3.8) is 0 Å². The van der Waals surface area contributed by atoms with Crippen LogP contribution >= 0.6 is 0 Å². The van der Waals surface area contributed by atoms with Gasteiger partial charge >= 0.3 is 6.09 Å². The second kappa shape index (κ2) is 4.18. The largest absolute Gasteiger partial charge is 0.453 e. The van der Waals surface area contributed by atoms with Gasteiger partial charge in [0, 0.05) is 11.6 Å². The third-order valence-corrected chi connectivity index (χ3v) is 2.27. The summed E-state index contributed by atoms with van der Waals surface area (Å²) in [5, 5.41) is 3.65. The van der Waals surface area contributed by atoms with Gasteiger partial charge in [-0.2, -0.15) is 0 Å². The molecule has 4 heteroatoms. The lowest BCUT2D eigenvalue weighted by molar-refractivity contribution is 0.187. The van der Waals surface area contributed by atoms with Gasteiger partial charge in [0.05, 0.1) is 18.3 Å². The van der Waals surface area contributed by atoms with Crippen molar-refractivity contribution in [3.05, 3.63) is 36.0 Å². The second-order valence-electron chi connectivity index (χ2n) is 3.50. The van der Waals surface area contributed by atoms with Crippen LogP contribution in [0.3, 0.4) is 0 Å². The Hall–Kier alpha value is -2.10. The summed E-state index contributed by atoms with van der Waals surface area (Å²) in [5.41, 5.74) is 2.49. The van der Waals surface area contributed by atoms with E-state index in [1.165, 1.54) is 7.11 Å². The molecule has 1 N–H and O–H groups in total. The minimum atomic E-state index is -0.488. The number of aromatic nitrogens is 1. The van der Waals surface area contributed by atoms with E-state index in [2.05, 4.69) is 15.0 Å². The van der Waals surface area contributed by atoms with Crippen LogP contribution in [-0.2, 0) is 4.74 Å². The molecule has 1 aromatic carbocycles. The van der Waals surface area contributed by atoms with E-state index in [-0.39, 0.29) is 0 Å². The van der Waals surface area contributed by atoms with Crippen LogP contribution in [0.5, 0.6) is 0 Å². The van der Waals surface area contributed by atoms with Crippen LogP contribution in [0, 0.1) is 6.92 Å². The van der Waals surface area contributed by atoms with Gasteiger partial charge in [-0.15, -0.1) is 0 Å². The first kappa shape index (κ1) is 10.4. The van der Waals surface area contributed by atoms with Crippen LogP contribution in [0.4, 0.5) is 10.5 Å². The zero-order valence-corrected chi connectivity index (χ0v) is 9.15. The third kappa shape index (κ3) is 1.95. The Morgan fingerprint density at radius 3 is 3.00 bits per heavy atom. The van der Waals surface area contributed by atoms with E-state index in [1.807, 2.05) is 31.2 Å². The molecule has 16 heavy (non-hydrogen) atoms. The summed E-state index contributed by atoms with van der Waals surface area (Å²) in [7, 11) is 1.33. The van der Waals surface area contributed by atoms with Crippen molar-refractivity contribution < 1.29 is 9.53 Å². The zero-order valence-electron chi connectivity index (χ0n) is 9.15. The number of aryl methyl sites for hydroxylation is 1. The first-order chi connectivity index (χ1) is 7.70. The highest BCUT2D eigenvalue weighted by atomic mass is 16.5. The number of nitrogens with zero attached hydrogens (tertiary/aromatic N) is 1. The van der Waals surface area contributed by atoms with Crippen LogP contribution in [0.2, 0.25) is 0 Å². The zero-order chi connectivity index (χ0) is 11.5. The number of ether oxygens (including phenoxy) is 1. The van der Waals surface area contributed by atoms with Gasteiger partial charge in [0.15, 0.2) is 0 Å². The number of nitrogens with one attached hydrogen (secondary N) is 1. The molecule has 1 amide bonds. The average Bonchev–Trinajstić information content (AvgIpc) is 2.28. The standard InChI is InChI=1S/C12H12N2O2/c1-8-6-9-4-3-5-13-11(9)10(7-8)14-12(15)16-2/h3-7H,1-2H3,(H,14,15). The number of carbonyl (C=O) groups is 1. The summed E-state index contributed by atoms with van der Waals surface area (Å²) in [5.74, 6) is 0. The number of anilines is 1. The maximum atomic E-state index is 11.2. The lowest BCUT2D eigenvalue weighted by atomic mass is 10.1. The normalized spacial score (nSPS) is 10.1. The van der Waals surface area contributed by atoms with Gasteiger partial charge < -0.3 is 4.74 Å². The summed E-state index contributed by atoms with van der Waals surface area (Å²) in [6.45, 7) is 1.97. The molecule has 1 aromatic heterocycles. The summed E-state index contributed by atoms with van der Waals surface area (Å²) >= 11 is 0. The Kier molecular flexibility index (Phi) is 2.72. The molecule has 82 valence electrons. The molecule has 4 nitrogen and oxygen atoms in total. The first-order valence-electron chi connectivity index (χ1n) is 4.91. The third-order valence-electron chi connectivity index (χ3n) is 2.27. The highest BCUT2D eigenvalue weighted by molar-refractivity contribution is 5.98. The summed E-state index contributed by atoms with van der Waals surface area (Å²) in [6.07, 6.45) is 1.21. The molecule has 2 rings (SSSR count). The number of methoxy groups -OCH3 is 1. The van der Waals surface area contributed by atoms with Crippen molar-refractivity contribution in [1.82, 2.24) is 4.98 Å². The Bertz CT molecular complexity index is 538. The number of fused-ring (bicyclic) bond motifs is 1. The van der Waals surface area contributed by atoms with Crippen molar-refractivity contribution in [2.24, 2.45) is 0 Å². The van der Waals surface area contributed by atoms with Gasteiger partial charge in [0.2, 0.25) is 0 Å². The highest BCUT2D eigenvalue weighted by Gasteiger charge is 2.06. The topological polar surface area (TPSA) is 51.2 Å². The molecule has 2 aromatic rings. The molecular weight excluding hydrogens is 204 g/mol. The van der Waals surface area contributed by atoms with Gasteiger partial charge in [-0.3, -0.25) is 10.3 Å². The second-order valence-corrected chi connectivity index (χ2v) is 3.50. The maximum Gasteiger partial charge on any atom is 0.411 e. The van der Waals surface area contributed by atoms with E-state index in [9.17, 15) is 4.79 Å². The Morgan fingerprint density at radius 2 is 2.25 bits per heavy atom. The fraction of sp³-hybridized carbons (Fsp3) is 0.167. The maximum absolute atomic E-state index is 11.2. The molecule has 0 aliphatic rings. The van der Waals surface area contributed by atoms with Gasteiger partial charge in [-0.1, -0.05) is 6.07 Å². The average molecular weight is 216 g/mol. The lowest BCUT2D eigenvalue weighted by Gasteiger charge is -2.08. The smallest absolute Gasteiger partial charge is 0.411 e. The first-order valence-corrected chi connectivity index (χ1v) is 4.91. The number of hydrogen-bond acceptors (Lipinski definition) is 3. The number of amides is 1. The highest BCUT2D eigenvalue weighted by Crippen LogP contribution is 2.23. The van der Waals surface area contributed by atoms with Crippen LogP contribution in [0.1, 0.15) is 5.56 Å². The number of pyridine rings is 1. The van der Waals surface area contributed by atoms with Crippen LogP contribution in [0.15, 0.2) is 30.5 Å². The monoisotopic (exact) mass is 216 g/mol.